The number of pyridine rings is 1. The van der Waals surface area contributed by atoms with Crippen molar-refractivity contribution in [2.75, 3.05) is 31.1 Å². The molecule has 0 bridgehead atoms. The van der Waals surface area contributed by atoms with Crippen LogP contribution in [0.3, 0.4) is 0 Å². The Bertz CT molecular complexity index is 2130. The summed E-state index contributed by atoms with van der Waals surface area (Å²) >= 11 is 6.61. The van der Waals surface area contributed by atoms with E-state index < -0.39 is 0 Å². The van der Waals surface area contributed by atoms with Gasteiger partial charge in [0.25, 0.3) is 0 Å². The number of piperidine rings is 3. The number of amides is 2. The summed E-state index contributed by atoms with van der Waals surface area (Å²) in [6.45, 7) is 11.0. The molecule has 8 rings (SSSR count). The first-order valence-electron chi connectivity index (χ1n) is 18.8. The Labute approximate surface area is 315 Å². The van der Waals surface area contributed by atoms with E-state index in [1.165, 1.54) is 24.1 Å². The number of nitrogens with zero attached hydrogens (tertiary/aromatic N) is 6. The number of imidazole rings is 1. The maximum absolute atomic E-state index is 12.3. The normalized spacial score (nSPS) is 21.3. The molecule has 3 aliphatic heterocycles. The summed E-state index contributed by atoms with van der Waals surface area (Å²) in [7, 11) is 1.89. The third-order valence-corrected chi connectivity index (χ3v) is 11.9. The number of aromatic amines is 1. The predicted octanol–water partition coefficient (Wildman–Crippen LogP) is 7.51. The lowest BCUT2D eigenvalue weighted by molar-refractivity contribution is -0.134. The first kappa shape index (κ1) is 35.3. The summed E-state index contributed by atoms with van der Waals surface area (Å²) in [5, 5.41) is 7.33. The van der Waals surface area contributed by atoms with Crippen molar-refractivity contribution in [2.24, 2.45) is 13.0 Å². The zero-order chi connectivity index (χ0) is 36.9. The average molecular weight is 735 g/mol. The van der Waals surface area contributed by atoms with E-state index in [1.807, 2.05) is 32.3 Å². The van der Waals surface area contributed by atoms with E-state index in [-0.39, 0.29) is 23.3 Å². The Morgan fingerprint density at radius 2 is 1.70 bits per heavy atom. The first-order chi connectivity index (χ1) is 25.5. The van der Waals surface area contributed by atoms with Crippen LogP contribution in [0, 0.1) is 12.8 Å². The van der Waals surface area contributed by atoms with Gasteiger partial charge in [-0.15, -0.1) is 0 Å². The fourth-order valence-electron chi connectivity index (χ4n) is 8.58. The summed E-state index contributed by atoms with van der Waals surface area (Å²) in [4.78, 5) is 41.5. The minimum atomic E-state index is -0.239. The molecule has 11 nitrogen and oxygen atoms in total. The van der Waals surface area contributed by atoms with Crippen LogP contribution in [-0.4, -0.2) is 73.2 Å². The van der Waals surface area contributed by atoms with Crippen LogP contribution in [0.25, 0.3) is 22.6 Å². The van der Waals surface area contributed by atoms with Crippen molar-refractivity contribution in [1.29, 1.82) is 0 Å². The fourth-order valence-corrected chi connectivity index (χ4v) is 8.76. The second-order valence-electron chi connectivity index (χ2n) is 15.7. The van der Waals surface area contributed by atoms with Crippen molar-refractivity contribution in [2.45, 2.75) is 76.7 Å². The van der Waals surface area contributed by atoms with E-state index in [0.29, 0.717) is 58.2 Å². The maximum Gasteiger partial charge on any atom is 0.234 e. The van der Waals surface area contributed by atoms with Gasteiger partial charge in [-0.25, -0.2) is 9.97 Å². The van der Waals surface area contributed by atoms with Crippen molar-refractivity contribution < 1.29 is 14.3 Å². The molecule has 1 unspecified atom stereocenters. The molecule has 2 aromatic carbocycles. The van der Waals surface area contributed by atoms with Crippen LogP contribution in [0.4, 0.5) is 5.69 Å². The Morgan fingerprint density at radius 1 is 0.962 bits per heavy atom. The third-order valence-electron chi connectivity index (χ3n) is 11.6. The second-order valence-corrected chi connectivity index (χ2v) is 16.1. The Balaban J connectivity index is 0.854. The molecule has 3 saturated heterocycles. The van der Waals surface area contributed by atoms with Gasteiger partial charge in [-0.2, -0.15) is 5.10 Å². The third kappa shape index (κ3) is 7.29. The monoisotopic (exact) mass is 734 g/mol. The number of benzene rings is 2. The fraction of sp³-hybridized carbons (Fsp3) is 0.439. The van der Waals surface area contributed by atoms with Crippen LogP contribution in [-0.2, 0) is 16.6 Å². The van der Waals surface area contributed by atoms with Crippen LogP contribution in [0.1, 0.15) is 81.0 Å². The quantitative estimate of drug-likeness (QED) is 0.157. The number of carbonyl (C=O) groups is 2. The number of aromatic nitrogens is 5. The molecule has 6 heterocycles. The number of hydrogen-bond donors (Lipinski definition) is 2. The van der Waals surface area contributed by atoms with Crippen LogP contribution in [0.5, 0.6) is 11.5 Å². The number of hydrogen-bond acceptors (Lipinski definition) is 8. The van der Waals surface area contributed by atoms with Crippen molar-refractivity contribution in [3.63, 3.8) is 0 Å². The second kappa shape index (κ2) is 14.2. The van der Waals surface area contributed by atoms with E-state index in [9.17, 15) is 9.59 Å². The summed E-state index contributed by atoms with van der Waals surface area (Å²) in [6.07, 6.45) is 9.07. The van der Waals surface area contributed by atoms with Crippen molar-refractivity contribution in [1.82, 2.24) is 34.9 Å². The van der Waals surface area contributed by atoms with E-state index in [1.54, 1.807) is 10.9 Å². The number of halogens is 1. The maximum atomic E-state index is 12.3. The molecule has 53 heavy (non-hydrogen) atoms. The zero-order valence-electron chi connectivity index (χ0n) is 30.9. The topological polar surface area (TPSA) is 121 Å². The van der Waals surface area contributed by atoms with Gasteiger partial charge in [0, 0.05) is 50.5 Å². The highest BCUT2D eigenvalue weighted by Crippen LogP contribution is 2.41. The standard InChI is InChI=1S/C41H47ClN8O3/c1-25-33(24-48(4)47-25)38-45-36-37(34(42)22-43-39(36)46-38)53-31-11-7-27(8-12-31)29-17-20-50(41(2,3)21-29)23-26-15-18-49(19-16-26)30-9-5-28(6-10-30)32-13-14-35(51)44-40(32)52/h5-12,22,24,26,29,32H,13-21,23H2,1-4H3,(H,43,45,46)(H,44,51,52)/t29?,32-/m1/s1. The van der Waals surface area contributed by atoms with Crippen LogP contribution >= 0.6 is 11.6 Å². The number of anilines is 1. The molecule has 0 spiro atoms. The molecule has 0 aliphatic carbocycles. The molecule has 5 aromatic rings. The number of nitrogens with one attached hydrogen (secondary N) is 2. The number of H-pyrrole nitrogens is 1. The molecule has 3 aromatic heterocycles. The Morgan fingerprint density at radius 3 is 2.38 bits per heavy atom. The molecular weight excluding hydrogens is 688 g/mol. The SMILES string of the molecule is Cc1nn(C)cc1-c1nc2ncc(Cl)c(Oc3ccc(C4CCN(CC5CCN(c6ccc([C@H]7CCC(=O)NC7=O)cc6)CC5)C(C)(C)C4)cc3)c2[nH]1. The average Bonchev–Trinajstić information content (AvgIpc) is 3.73. The van der Waals surface area contributed by atoms with Gasteiger partial charge in [0.2, 0.25) is 11.8 Å². The van der Waals surface area contributed by atoms with Gasteiger partial charge in [-0.1, -0.05) is 35.9 Å². The number of aryl methyl sites for hydroxylation is 2. The van der Waals surface area contributed by atoms with Gasteiger partial charge in [-0.05, 0) is 107 Å². The van der Waals surface area contributed by atoms with Crippen molar-refractivity contribution in [3.8, 4) is 22.9 Å². The van der Waals surface area contributed by atoms with Gasteiger partial charge in [-0.3, -0.25) is 24.5 Å². The van der Waals surface area contributed by atoms with Gasteiger partial charge < -0.3 is 14.6 Å². The molecule has 12 heteroatoms. The Kier molecular flexibility index (Phi) is 9.49. The Hall–Kier alpha value is -4.74. The number of rotatable bonds is 8. The summed E-state index contributed by atoms with van der Waals surface area (Å²) in [5.74, 6) is 2.46. The number of imide groups is 1. The summed E-state index contributed by atoms with van der Waals surface area (Å²) in [5.41, 5.74) is 6.60. The molecule has 276 valence electrons. The lowest BCUT2D eigenvalue weighted by Gasteiger charge is -2.48. The zero-order valence-corrected chi connectivity index (χ0v) is 31.6. The molecule has 3 fully saturated rings. The molecule has 0 saturated carbocycles. The van der Waals surface area contributed by atoms with E-state index in [0.717, 1.165) is 55.8 Å². The highest BCUT2D eigenvalue weighted by atomic mass is 35.5. The highest BCUT2D eigenvalue weighted by Gasteiger charge is 2.37. The number of likely N-dealkylation sites (tertiary alicyclic amines) is 1. The van der Waals surface area contributed by atoms with E-state index >= 15 is 0 Å². The summed E-state index contributed by atoms with van der Waals surface area (Å²) in [6, 6.07) is 16.9. The highest BCUT2D eigenvalue weighted by molar-refractivity contribution is 6.32. The van der Waals surface area contributed by atoms with Crippen LogP contribution in [0.15, 0.2) is 60.9 Å². The molecule has 2 N–H and O–H groups in total. The predicted molar refractivity (Wildman–Crippen MR) is 206 cm³/mol. The largest absolute Gasteiger partial charge is 0.453 e. The molecule has 0 radical (unpaired) electrons. The van der Waals surface area contributed by atoms with Gasteiger partial charge in [0.15, 0.2) is 11.4 Å². The molecule has 2 amide bonds. The lowest BCUT2D eigenvalue weighted by atomic mass is 9.78. The van der Waals surface area contributed by atoms with Crippen molar-refractivity contribution in [3.05, 3.63) is 82.8 Å². The van der Waals surface area contributed by atoms with Crippen LogP contribution in [0.2, 0.25) is 5.02 Å². The molecule has 3 aliphatic rings. The van der Waals surface area contributed by atoms with E-state index in [4.69, 9.17) is 16.3 Å². The smallest absolute Gasteiger partial charge is 0.234 e. The number of ether oxygens (including phenoxy) is 1. The first-order valence-corrected chi connectivity index (χ1v) is 19.1. The lowest BCUT2D eigenvalue weighted by Crippen LogP contribution is -2.52. The summed E-state index contributed by atoms with van der Waals surface area (Å²) < 4.78 is 8.13. The minimum Gasteiger partial charge on any atom is -0.453 e. The molecular formula is C41H47ClN8O3. The minimum absolute atomic E-state index is 0.0994. The van der Waals surface area contributed by atoms with Crippen LogP contribution < -0.4 is 15.0 Å². The number of fused-ring (bicyclic) bond motifs is 1. The number of carbonyl (C=O) groups excluding carboxylic acids is 2. The molecule has 2 atom stereocenters. The van der Waals surface area contributed by atoms with Gasteiger partial charge in [0.05, 0.1) is 23.4 Å². The van der Waals surface area contributed by atoms with Gasteiger partial charge >= 0.3 is 0 Å². The van der Waals surface area contributed by atoms with Gasteiger partial charge in [0.1, 0.15) is 22.1 Å². The van der Waals surface area contributed by atoms with E-state index in [2.05, 4.69) is 85.4 Å². The van der Waals surface area contributed by atoms with Crippen molar-refractivity contribution >= 4 is 40.3 Å².